The van der Waals surface area contributed by atoms with Crippen molar-refractivity contribution in [1.82, 2.24) is 10.6 Å². The molecule has 3 aromatic rings. The van der Waals surface area contributed by atoms with Crippen LogP contribution in [0.3, 0.4) is 0 Å². The summed E-state index contributed by atoms with van der Waals surface area (Å²) in [5.74, 6) is -3.64. The number of amides is 2. The number of ether oxygens (including phenoxy) is 1. The molecule has 0 radical (unpaired) electrons. The van der Waals surface area contributed by atoms with E-state index in [0.717, 1.165) is 5.56 Å². The lowest BCUT2D eigenvalue weighted by molar-refractivity contribution is -0.145. The van der Waals surface area contributed by atoms with Gasteiger partial charge < -0.3 is 31.3 Å². The monoisotopic (exact) mass is 555 g/mol. The Hall–Kier alpha value is -4.51. The molecule has 0 bridgehead atoms. The van der Waals surface area contributed by atoms with Crippen molar-refractivity contribution in [2.24, 2.45) is 5.73 Å². The van der Waals surface area contributed by atoms with Gasteiger partial charge in [0, 0.05) is 6.42 Å². The van der Waals surface area contributed by atoms with Crippen LogP contribution in [0, 0.1) is 11.6 Å². The van der Waals surface area contributed by atoms with Crippen LogP contribution in [0.4, 0.5) is 8.78 Å². The van der Waals surface area contributed by atoms with E-state index in [-0.39, 0.29) is 30.8 Å². The van der Waals surface area contributed by atoms with Crippen molar-refractivity contribution in [3.63, 3.8) is 0 Å². The maximum Gasteiger partial charge on any atom is 0.328 e. The number of aromatic hydroxyl groups is 2. The van der Waals surface area contributed by atoms with E-state index in [1.165, 1.54) is 61.7 Å². The van der Waals surface area contributed by atoms with Crippen LogP contribution >= 0.6 is 0 Å². The number of rotatable bonds is 12. The van der Waals surface area contributed by atoms with Gasteiger partial charge in [-0.05, 0) is 72.4 Å². The van der Waals surface area contributed by atoms with Gasteiger partial charge in [0.05, 0.1) is 13.2 Å². The summed E-state index contributed by atoms with van der Waals surface area (Å²) in [4.78, 5) is 38.7. The van der Waals surface area contributed by atoms with Gasteiger partial charge in [-0.3, -0.25) is 9.59 Å². The Kier molecular flexibility index (Phi) is 10.5. The minimum atomic E-state index is -1.18. The van der Waals surface area contributed by atoms with Gasteiger partial charge in [0.15, 0.2) is 11.5 Å². The lowest BCUT2D eigenvalue weighted by Gasteiger charge is -2.24. The first-order valence-corrected chi connectivity index (χ1v) is 12.5. The van der Waals surface area contributed by atoms with E-state index >= 15 is 0 Å². The summed E-state index contributed by atoms with van der Waals surface area (Å²) >= 11 is 0. The maximum absolute atomic E-state index is 13.4. The van der Waals surface area contributed by atoms with Crippen LogP contribution in [-0.2, 0) is 38.4 Å². The number of hydrogen-bond acceptors (Lipinski definition) is 7. The first kappa shape index (κ1) is 30.0. The second-order valence-electron chi connectivity index (χ2n) is 9.27. The molecule has 0 aliphatic rings. The molecular weight excluding hydrogens is 524 g/mol. The summed E-state index contributed by atoms with van der Waals surface area (Å²) in [5, 5.41) is 24.4. The van der Waals surface area contributed by atoms with Crippen LogP contribution in [0.15, 0.2) is 66.7 Å². The third-order valence-corrected chi connectivity index (χ3v) is 6.26. The Morgan fingerprint density at radius 2 is 1.32 bits per heavy atom. The first-order valence-electron chi connectivity index (χ1n) is 12.5. The lowest BCUT2D eigenvalue weighted by Crippen LogP contribution is -2.55. The predicted molar refractivity (Wildman–Crippen MR) is 142 cm³/mol. The number of halogens is 2. The van der Waals surface area contributed by atoms with Crippen LogP contribution in [-0.4, -0.2) is 53.2 Å². The van der Waals surface area contributed by atoms with Crippen molar-refractivity contribution in [2.75, 3.05) is 7.11 Å². The molecule has 0 spiro atoms. The van der Waals surface area contributed by atoms with Gasteiger partial charge in [-0.2, -0.15) is 0 Å². The molecule has 0 aromatic heterocycles. The Bertz CT molecular complexity index is 1320. The van der Waals surface area contributed by atoms with Gasteiger partial charge >= 0.3 is 5.97 Å². The van der Waals surface area contributed by atoms with Gasteiger partial charge in [-0.15, -0.1) is 0 Å². The Labute approximate surface area is 230 Å². The molecule has 0 saturated heterocycles. The van der Waals surface area contributed by atoms with Gasteiger partial charge in [0.1, 0.15) is 23.7 Å². The lowest BCUT2D eigenvalue weighted by atomic mass is 10.0. The number of phenolic OH excluding ortho intramolecular Hbond substituents is 2. The van der Waals surface area contributed by atoms with Crippen LogP contribution in [0.1, 0.15) is 23.1 Å². The van der Waals surface area contributed by atoms with Crippen molar-refractivity contribution >= 4 is 17.8 Å². The van der Waals surface area contributed by atoms with Gasteiger partial charge in [0.25, 0.3) is 0 Å². The molecule has 3 rings (SSSR count). The number of carbonyl (C=O) groups is 3. The second-order valence-corrected chi connectivity index (χ2v) is 9.27. The number of esters is 1. The maximum atomic E-state index is 13.4. The minimum absolute atomic E-state index is 0.00693. The highest BCUT2D eigenvalue weighted by Crippen LogP contribution is 2.25. The minimum Gasteiger partial charge on any atom is -0.504 e. The third kappa shape index (κ3) is 8.77. The molecule has 3 atom stereocenters. The molecule has 2 amide bonds. The van der Waals surface area contributed by atoms with Crippen molar-refractivity contribution in [2.45, 2.75) is 43.8 Å². The number of methoxy groups -OCH3 is 1. The fraction of sp³-hybridized carbons (Fsp3) is 0.276. The van der Waals surface area contributed by atoms with E-state index in [0.29, 0.717) is 17.5 Å². The number of benzene rings is 3. The van der Waals surface area contributed by atoms with Gasteiger partial charge in [0.2, 0.25) is 11.8 Å². The van der Waals surface area contributed by atoms with Crippen LogP contribution in [0.2, 0.25) is 0 Å². The average Bonchev–Trinajstić information content (AvgIpc) is 2.94. The molecule has 40 heavy (non-hydrogen) atoms. The van der Waals surface area contributed by atoms with Gasteiger partial charge in [-0.1, -0.05) is 30.3 Å². The zero-order valence-corrected chi connectivity index (χ0v) is 21.8. The molecule has 3 aromatic carbocycles. The predicted octanol–water partition coefficient (Wildman–Crippen LogP) is 2.26. The summed E-state index contributed by atoms with van der Waals surface area (Å²) in [5.41, 5.74) is 7.81. The Balaban J connectivity index is 1.74. The third-order valence-electron chi connectivity index (χ3n) is 6.26. The van der Waals surface area contributed by atoms with Gasteiger partial charge in [-0.25, -0.2) is 13.6 Å². The smallest absolute Gasteiger partial charge is 0.328 e. The van der Waals surface area contributed by atoms with E-state index in [4.69, 9.17) is 10.5 Å². The summed E-state index contributed by atoms with van der Waals surface area (Å²) < 4.78 is 31.5. The Morgan fingerprint density at radius 1 is 0.775 bits per heavy atom. The number of nitrogens with one attached hydrogen (secondary N) is 2. The van der Waals surface area contributed by atoms with E-state index in [9.17, 15) is 33.4 Å². The summed E-state index contributed by atoms with van der Waals surface area (Å²) in [6, 6.07) is 11.7. The van der Waals surface area contributed by atoms with E-state index in [2.05, 4.69) is 10.6 Å². The summed E-state index contributed by atoms with van der Waals surface area (Å²) in [6.45, 7) is 0. The van der Waals surface area contributed by atoms with Crippen molar-refractivity contribution in [3.8, 4) is 11.5 Å². The zero-order chi connectivity index (χ0) is 29.2. The molecule has 0 aliphatic heterocycles. The fourth-order valence-electron chi connectivity index (χ4n) is 4.01. The number of hydrogen-bond donors (Lipinski definition) is 5. The van der Waals surface area contributed by atoms with Crippen LogP contribution in [0.25, 0.3) is 0 Å². The quantitative estimate of drug-likeness (QED) is 0.170. The molecule has 0 aliphatic carbocycles. The number of carbonyl (C=O) groups excluding carboxylic acids is 3. The average molecular weight is 556 g/mol. The highest BCUT2D eigenvalue weighted by molar-refractivity contribution is 5.92. The number of aryl methyl sites for hydroxylation is 1. The molecule has 0 unspecified atom stereocenters. The van der Waals surface area contributed by atoms with Crippen molar-refractivity contribution in [1.29, 1.82) is 0 Å². The molecule has 0 saturated carbocycles. The summed E-state index contributed by atoms with van der Waals surface area (Å²) in [6.07, 6.45) is 0.439. The topological polar surface area (TPSA) is 151 Å². The summed E-state index contributed by atoms with van der Waals surface area (Å²) in [7, 11) is 1.18. The number of phenols is 2. The molecule has 0 fully saturated rings. The second kappa shape index (κ2) is 14.0. The Morgan fingerprint density at radius 3 is 1.90 bits per heavy atom. The molecular formula is C29H31F2N3O6. The van der Waals surface area contributed by atoms with Crippen LogP contribution < -0.4 is 16.4 Å². The normalized spacial score (nSPS) is 13.1. The van der Waals surface area contributed by atoms with Crippen molar-refractivity contribution in [3.05, 3.63) is 95.1 Å². The highest BCUT2D eigenvalue weighted by atomic mass is 19.1. The van der Waals surface area contributed by atoms with Crippen molar-refractivity contribution < 1.29 is 38.1 Å². The van der Waals surface area contributed by atoms with Crippen LogP contribution in [0.5, 0.6) is 11.5 Å². The fourth-order valence-corrected chi connectivity index (χ4v) is 4.01. The molecule has 212 valence electrons. The largest absolute Gasteiger partial charge is 0.504 e. The molecule has 6 N–H and O–H groups in total. The highest BCUT2D eigenvalue weighted by Gasteiger charge is 2.29. The SMILES string of the molecule is COC(=O)[C@H](CCc1ccc(F)cc1)NC(=O)[C@H](Cc1ccc(F)cc1)NC(=O)[C@@H](N)Cc1ccc(O)c(O)c1. The first-order chi connectivity index (χ1) is 19.0. The van der Waals surface area contributed by atoms with E-state index in [1.54, 1.807) is 12.1 Å². The van der Waals surface area contributed by atoms with E-state index in [1.807, 2.05) is 0 Å². The molecule has 9 nitrogen and oxygen atoms in total. The zero-order valence-electron chi connectivity index (χ0n) is 21.8. The van der Waals surface area contributed by atoms with E-state index < -0.39 is 47.5 Å². The molecule has 0 heterocycles. The standard InChI is InChI=1S/C29H31F2N3O6/c1-40-29(39)23(12-6-17-2-8-20(30)9-3-17)33-28(38)24(15-18-4-10-21(31)11-5-18)34-27(37)22(32)14-19-7-13-25(35)26(36)16-19/h2-5,7-11,13,16,22-24,35-36H,6,12,14-15,32H2,1H3,(H,33,38)(H,34,37)/t22-,23-,24-/m0/s1. The molecule has 11 heteroatoms. The number of nitrogens with two attached hydrogens (primary N) is 1.